The van der Waals surface area contributed by atoms with Crippen molar-refractivity contribution >= 4 is 0 Å². The van der Waals surface area contributed by atoms with Gasteiger partial charge in [0.1, 0.15) is 5.75 Å². The normalized spacial score (nSPS) is 10.1. The van der Waals surface area contributed by atoms with Crippen LogP contribution in [0.5, 0.6) is 5.75 Å². The average molecular weight is 192 g/mol. The summed E-state index contributed by atoms with van der Waals surface area (Å²) in [6, 6.07) is 8.37. The fourth-order valence-electron chi connectivity index (χ4n) is 1.40. The van der Waals surface area contributed by atoms with E-state index in [2.05, 4.69) is 32.0 Å². The van der Waals surface area contributed by atoms with Crippen molar-refractivity contribution in [2.24, 2.45) is 0 Å². The Bertz CT molecular complexity index is 255. The van der Waals surface area contributed by atoms with Crippen LogP contribution in [0.2, 0.25) is 0 Å². The SMILES string of the molecule is CCCCCOc1cccc(CC)c1. The molecule has 0 spiro atoms. The molecule has 0 radical (unpaired) electrons. The van der Waals surface area contributed by atoms with Gasteiger partial charge in [-0.2, -0.15) is 0 Å². The van der Waals surface area contributed by atoms with Crippen molar-refractivity contribution in [2.45, 2.75) is 39.5 Å². The number of unbranched alkanes of at least 4 members (excludes halogenated alkanes) is 2. The van der Waals surface area contributed by atoms with Crippen LogP contribution in [0.4, 0.5) is 0 Å². The van der Waals surface area contributed by atoms with Gasteiger partial charge in [0.05, 0.1) is 6.61 Å². The lowest BCUT2D eigenvalue weighted by Gasteiger charge is -2.06. The molecule has 0 saturated carbocycles. The number of hydrogen-bond donors (Lipinski definition) is 0. The molecule has 1 aromatic carbocycles. The molecule has 0 bridgehead atoms. The van der Waals surface area contributed by atoms with Crippen molar-refractivity contribution < 1.29 is 4.74 Å². The Balaban J connectivity index is 2.34. The molecule has 0 atom stereocenters. The highest BCUT2D eigenvalue weighted by atomic mass is 16.5. The van der Waals surface area contributed by atoms with E-state index < -0.39 is 0 Å². The van der Waals surface area contributed by atoms with Crippen molar-refractivity contribution in [3.63, 3.8) is 0 Å². The van der Waals surface area contributed by atoms with Crippen LogP contribution in [0.15, 0.2) is 24.3 Å². The minimum Gasteiger partial charge on any atom is -0.494 e. The second-order valence-corrected chi connectivity index (χ2v) is 3.56. The molecular formula is C13H20O. The van der Waals surface area contributed by atoms with Crippen molar-refractivity contribution in [3.05, 3.63) is 29.8 Å². The van der Waals surface area contributed by atoms with Crippen LogP contribution in [0.1, 0.15) is 38.7 Å². The maximum atomic E-state index is 5.65. The van der Waals surface area contributed by atoms with E-state index >= 15 is 0 Å². The van der Waals surface area contributed by atoms with E-state index in [0.29, 0.717) is 0 Å². The molecule has 0 aliphatic carbocycles. The van der Waals surface area contributed by atoms with Crippen LogP contribution >= 0.6 is 0 Å². The van der Waals surface area contributed by atoms with E-state index in [0.717, 1.165) is 25.2 Å². The van der Waals surface area contributed by atoms with Crippen LogP contribution < -0.4 is 4.74 Å². The summed E-state index contributed by atoms with van der Waals surface area (Å²) < 4.78 is 5.65. The molecule has 0 heterocycles. The number of ether oxygens (including phenoxy) is 1. The van der Waals surface area contributed by atoms with Crippen LogP contribution in [0, 0.1) is 0 Å². The summed E-state index contributed by atoms with van der Waals surface area (Å²) in [4.78, 5) is 0. The first-order chi connectivity index (χ1) is 6.86. The first kappa shape index (κ1) is 11.1. The van der Waals surface area contributed by atoms with Gasteiger partial charge >= 0.3 is 0 Å². The van der Waals surface area contributed by atoms with Crippen LogP contribution in [0.25, 0.3) is 0 Å². The van der Waals surface area contributed by atoms with Crippen LogP contribution in [-0.4, -0.2) is 6.61 Å². The first-order valence-electron chi connectivity index (χ1n) is 5.58. The van der Waals surface area contributed by atoms with Gasteiger partial charge in [0.2, 0.25) is 0 Å². The Morgan fingerprint density at radius 2 is 2.00 bits per heavy atom. The molecule has 0 amide bonds. The summed E-state index contributed by atoms with van der Waals surface area (Å²) in [5, 5.41) is 0. The molecule has 1 rings (SSSR count). The van der Waals surface area contributed by atoms with Gasteiger partial charge < -0.3 is 4.74 Å². The van der Waals surface area contributed by atoms with E-state index in [1.807, 2.05) is 6.07 Å². The lowest BCUT2D eigenvalue weighted by molar-refractivity contribution is 0.306. The second kappa shape index (κ2) is 6.47. The summed E-state index contributed by atoms with van der Waals surface area (Å²) in [5.41, 5.74) is 1.35. The molecule has 1 aromatic rings. The zero-order chi connectivity index (χ0) is 10.2. The number of rotatable bonds is 6. The molecule has 0 aliphatic rings. The molecule has 1 heteroatoms. The summed E-state index contributed by atoms with van der Waals surface area (Å²) in [7, 11) is 0. The van der Waals surface area contributed by atoms with Gasteiger partial charge in [-0.05, 0) is 30.5 Å². The molecule has 0 aliphatic heterocycles. The average Bonchev–Trinajstić information content (AvgIpc) is 2.25. The Hall–Kier alpha value is -0.980. The van der Waals surface area contributed by atoms with Gasteiger partial charge in [-0.3, -0.25) is 0 Å². The van der Waals surface area contributed by atoms with Crippen LogP contribution in [-0.2, 0) is 6.42 Å². The van der Waals surface area contributed by atoms with E-state index in [4.69, 9.17) is 4.74 Å². The Morgan fingerprint density at radius 3 is 2.71 bits per heavy atom. The molecule has 0 N–H and O–H groups in total. The molecule has 1 nitrogen and oxygen atoms in total. The monoisotopic (exact) mass is 192 g/mol. The molecule has 0 unspecified atom stereocenters. The lowest BCUT2D eigenvalue weighted by atomic mass is 10.2. The third-order valence-corrected chi connectivity index (χ3v) is 2.32. The molecule has 0 fully saturated rings. The topological polar surface area (TPSA) is 9.23 Å². The summed E-state index contributed by atoms with van der Waals surface area (Å²) in [5.74, 6) is 1.01. The van der Waals surface area contributed by atoms with Gasteiger partial charge in [-0.15, -0.1) is 0 Å². The lowest BCUT2D eigenvalue weighted by Crippen LogP contribution is -1.97. The molecular weight excluding hydrogens is 172 g/mol. The van der Waals surface area contributed by atoms with Crippen molar-refractivity contribution in [1.29, 1.82) is 0 Å². The Morgan fingerprint density at radius 1 is 1.14 bits per heavy atom. The first-order valence-corrected chi connectivity index (χ1v) is 5.58. The third kappa shape index (κ3) is 3.82. The largest absolute Gasteiger partial charge is 0.494 e. The number of aryl methyl sites for hydroxylation is 1. The van der Waals surface area contributed by atoms with Crippen molar-refractivity contribution in [1.82, 2.24) is 0 Å². The minimum atomic E-state index is 0.848. The summed E-state index contributed by atoms with van der Waals surface area (Å²) in [6.07, 6.45) is 4.74. The van der Waals surface area contributed by atoms with Crippen LogP contribution in [0.3, 0.4) is 0 Å². The highest BCUT2D eigenvalue weighted by Crippen LogP contribution is 2.14. The predicted octanol–water partition coefficient (Wildman–Crippen LogP) is 3.82. The number of benzene rings is 1. The predicted molar refractivity (Wildman–Crippen MR) is 60.8 cm³/mol. The van der Waals surface area contributed by atoms with Gasteiger partial charge in [0.15, 0.2) is 0 Å². The minimum absolute atomic E-state index is 0.848. The fourth-order valence-corrected chi connectivity index (χ4v) is 1.40. The molecule has 0 saturated heterocycles. The smallest absolute Gasteiger partial charge is 0.119 e. The van der Waals surface area contributed by atoms with Gasteiger partial charge in [-0.1, -0.05) is 38.8 Å². The zero-order valence-electron chi connectivity index (χ0n) is 9.25. The Kier molecular flexibility index (Phi) is 5.13. The summed E-state index contributed by atoms with van der Waals surface area (Å²) >= 11 is 0. The quantitative estimate of drug-likeness (QED) is 0.623. The van der Waals surface area contributed by atoms with E-state index in [1.165, 1.54) is 18.4 Å². The van der Waals surface area contributed by atoms with Gasteiger partial charge in [-0.25, -0.2) is 0 Å². The van der Waals surface area contributed by atoms with Crippen molar-refractivity contribution in [2.75, 3.05) is 6.61 Å². The highest BCUT2D eigenvalue weighted by Gasteiger charge is 1.94. The van der Waals surface area contributed by atoms with Gasteiger partial charge in [0.25, 0.3) is 0 Å². The molecule has 14 heavy (non-hydrogen) atoms. The van der Waals surface area contributed by atoms with Gasteiger partial charge in [0, 0.05) is 0 Å². The molecule has 78 valence electrons. The van der Waals surface area contributed by atoms with E-state index in [1.54, 1.807) is 0 Å². The Labute approximate surface area is 87.1 Å². The maximum absolute atomic E-state index is 5.65. The van der Waals surface area contributed by atoms with Crippen molar-refractivity contribution in [3.8, 4) is 5.75 Å². The highest BCUT2D eigenvalue weighted by molar-refractivity contribution is 5.28. The second-order valence-electron chi connectivity index (χ2n) is 3.56. The van der Waals surface area contributed by atoms with E-state index in [-0.39, 0.29) is 0 Å². The standard InChI is InChI=1S/C13H20O/c1-3-5-6-10-14-13-9-7-8-12(4-2)11-13/h7-9,11H,3-6,10H2,1-2H3. The number of hydrogen-bond acceptors (Lipinski definition) is 1. The fraction of sp³-hybridized carbons (Fsp3) is 0.538. The molecule has 0 aromatic heterocycles. The maximum Gasteiger partial charge on any atom is 0.119 e. The summed E-state index contributed by atoms with van der Waals surface area (Å²) in [6.45, 7) is 5.22. The van der Waals surface area contributed by atoms with E-state index in [9.17, 15) is 0 Å². The zero-order valence-corrected chi connectivity index (χ0v) is 9.25. The third-order valence-electron chi connectivity index (χ3n) is 2.32.